The number of rotatable bonds is 3. The highest BCUT2D eigenvalue weighted by molar-refractivity contribution is 9.09. The lowest BCUT2D eigenvalue weighted by atomic mass is 10.4. The zero-order valence-corrected chi connectivity index (χ0v) is 7.98. The third-order valence-corrected chi connectivity index (χ3v) is 1.52. The monoisotopic (exact) mass is 247 g/mol. The fourth-order valence-electron chi connectivity index (χ4n) is 0.544. The molecule has 0 saturated carbocycles. The van der Waals surface area contributed by atoms with Crippen molar-refractivity contribution < 1.29 is 9.32 Å². The number of aliphatic imine (C=N–C) groups is 1. The maximum Gasteiger partial charge on any atom is 0.351 e. The molecule has 13 heavy (non-hydrogen) atoms. The number of carbonyl (C=O) groups is 1. The molecule has 0 unspecified atom stereocenters. The first-order valence-corrected chi connectivity index (χ1v) is 4.28. The molecule has 0 radical (unpaired) electrons. The predicted octanol–water partition coefficient (Wildman–Crippen LogP) is -0.448. The number of Topliss-reactive ketones (excluding diaryl/α,β-unsaturated/α-hetero) is 1. The van der Waals surface area contributed by atoms with E-state index in [0.717, 1.165) is 0 Å². The lowest BCUT2D eigenvalue weighted by Crippen LogP contribution is -2.21. The van der Waals surface area contributed by atoms with Gasteiger partial charge in [-0.1, -0.05) is 21.1 Å². The molecule has 1 aromatic rings. The van der Waals surface area contributed by atoms with Crippen molar-refractivity contribution in [2.75, 3.05) is 5.33 Å². The molecule has 0 aromatic carbocycles. The topological polar surface area (TPSA) is 120 Å². The van der Waals surface area contributed by atoms with Gasteiger partial charge in [0.15, 0.2) is 5.96 Å². The van der Waals surface area contributed by atoms with E-state index in [2.05, 4.69) is 35.6 Å². The second-order valence-corrected chi connectivity index (χ2v) is 2.55. The number of halogens is 1. The molecule has 0 amide bonds. The SMILES string of the molecule is NC(N)=Nc1nc(C(=O)CBr)no1. The Morgan fingerprint density at radius 1 is 1.62 bits per heavy atom. The number of aromatic nitrogens is 2. The van der Waals surface area contributed by atoms with Crippen molar-refractivity contribution in [1.82, 2.24) is 10.1 Å². The van der Waals surface area contributed by atoms with Crippen LogP contribution in [0.1, 0.15) is 10.6 Å². The summed E-state index contributed by atoms with van der Waals surface area (Å²) >= 11 is 2.96. The third kappa shape index (κ3) is 2.51. The summed E-state index contributed by atoms with van der Waals surface area (Å²) in [6, 6.07) is -0.135. The number of nitrogens with two attached hydrogens (primary N) is 2. The highest BCUT2D eigenvalue weighted by Gasteiger charge is 2.12. The van der Waals surface area contributed by atoms with Crippen molar-refractivity contribution >= 4 is 33.7 Å². The summed E-state index contributed by atoms with van der Waals surface area (Å²) in [5.74, 6) is -0.570. The van der Waals surface area contributed by atoms with E-state index in [-0.39, 0.29) is 28.9 Å². The Bertz CT molecular complexity index is 342. The second kappa shape index (κ2) is 3.99. The van der Waals surface area contributed by atoms with Gasteiger partial charge in [0.2, 0.25) is 11.6 Å². The fourth-order valence-corrected chi connectivity index (χ4v) is 0.795. The van der Waals surface area contributed by atoms with Crippen molar-refractivity contribution in [1.29, 1.82) is 0 Å². The highest BCUT2D eigenvalue weighted by Crippen LogP contribution is 2.07. The molecule has 7 nitrogen and oxygen atoms in total. The molecule has 0 aliphatic heterocycles. The first kappa shape index (κ1) is 9.65. The molecule has 1 aromatic heterocycles. The Labute approximate surface area is 81.3 Å². The molecule has 70 valence electrons. The summed E-state index contributed by atoms with van der Waals surface area (Å²) in [6.07, 6.45) is 0. The van der Waals surface area contributed by atoms with Crippen LogP contribution in [-0.4, -0.2) is 27.2 Å². The Hall–Kier alpha value is -1.44. The second-order valence-electron chi connectivity index (χ2n) is 1.99. The van der Waals surface area contributed by atoms with Gasteiger partial charge in [-0.2, -0.15) is 9.98 Å². The van der Waals surface area contributed by atoms with Crippen LogP contribution in [0.15, 0.2) is 9.52 Å². The third-order valence-electron chi connectivity index (χ3n) is 1.01. The molecule has 0 spiro atoms. The summed E-state index contributed by atoms with van der Waals surface area (Å²) in [7, 11) is 0. The standard InChI is InChI=1S/C5H6BrN5O2/c6-1-2(12)3-9-5(13-11-3)10-4(7)8/h1H2,(H4,7,8,9,10,11). The molecule has 0 aliphatic carbocycles. The molecule has 0 bridgehead atoms. The van der Waals surface area contributed by atoms with Crippen molar-refractivity contribution in [3.63, 3.8) is 0 Å². The van der Waals surface area contributed by atoms with Gasteiger partial charge in [0.1, 0.15) is 0 Å². The van der Waals surface area contributed by atoms with Crippen molar-refractivity contribution in [3.05, 3.63) is 5.82 Å². The largest absolute Gasteiger partial charge is 0.370 e. The molecule has 0 aliphatic rings. The molecule has 0 fully saturated rings. The minimum atomic E-state index is -0.305. The quantitative estimate of drug-likeness (QED) is 0.323. The van der Waals surface area contributed by atoms with Gasteiger partial charge in [0.05, 0.1) is 5.33 Å². The van der Waals surface area contributed by atoms with E-state index in [1.165, 1.54) is 0 Å². The molecular weight excluding hydrogens is 242 g/mol. The van der Waals surface area contributed by atoms with Crippen LogP contribution in [0, 0.1) is 0 Å². The molecule has 8 heteroatoms. The lowest BCUT2D eigenvalue weighted by Gasteiger charge is -1.83. The van der Waals surface area contributed by atoms with Crippen molar-refractivity contribution in [2.45, 2.75) is 0 Å². The lowest BCUT2D eigenvalue weighted by molar-refractivity contribution is 0.101. The number of carbonyl (C=O) groups excluding carboxylic acids is 1. The Morgan fingerprint density at radius 2 is 2.31 bits per heavy atom. The summed E-state index contributed by atoms with van der Waals surface area (Å²) in [4.78, 5) is 18.0. The van der Waals surface area contributed by atoms with Crippen molar-refractivity contribution in [3.8, 4) is 0 Å². The predicted molar refractivity (Wildman–Crippen MR) is 47.9 cm³/mol. The van der Waals surface area contributed by atoms with Gasteiger partial charge in [-0.05, 0) is 0 Å². The van der Waals surface area contributed by atoms with E-state index in [9.17, 15) is 4.79 Å². The summed E-state index contributed by atoms with van der Waals surface area (Å²) in [5, 5.41) is 3.48. The van der Waals surface area contributed by atoms with Gasteiger partial charge < -0.3 is 16.0 Å². The summed E-state index contributed by atoms with van der Waals surface area (Å²) < 4.78 is 4.55. The Kier molecular flexibility index (Phi) is 2.96. The highest BCUT2D eigenvalue weighted by atomic mass is 79.9. The Balaban J connectivity index is 2.87. The average molecular weight is 248 g/mol. The molecule has 0 saturated heterocycles. The van der Waals surface area contributed by atoms with Crippen LogP contribution in [0.4, 0.5) is 6.01 Å². The zero-order valence-electron chi connectivity index (χ0n) is 6.40. The number of ketones is 1. The van der Waals surface area contributed by atoms with Gasteiger partial charge in [0, 0.05) is 0 Å². The van der Waals surface area contributed by atoms with Crippen LogP contribution in [0.25, 0.3) is 0 Å². The maximum atomic E-state index is 11.0. The number of alkyl halides is 1. The van der Waals surface area contributed by atoms with Crippen LogP contribution in [-0.2, 0) is 0 Å². The Morgan fingerprint density at radius 3 is 2.85 bits per heavy atom. The molecule has 0 atom stereocenters. The smallest absolute Gasteiger partial charge is 0.351 e. The molecule has 1 rings (SSSR count). The van der Waals surface area contributed by atoms with Gasteiger partial charge in [-0.3, -0.25) is 4.79 Å². The van der Waals surface area contributed by atoms with Crippen LogP contribution in [0.5, 0.6) is 0 Å². The fraction of sp³-hybridized carbons (Fsp3) is 0.200. The van der Waals surface area contributed by atoms with Gasteiger partial charge in [0.25, 0.3) is 0 Å². The number of hydrogen-bond donors (Lipinski definition) is 2. The van der Waals surface area contributed by atoms with E-state index < -0.39 is 0 Å². The summed E-state index contributed by atoms with van der Waals surface area (Å²) in [5.41, 5.74) is 10.1. The van der Waals surface area contributed by atoms with Crippen LogP contribution < -0.4 is 11.5 Å². The van der Waals surface area contributed by atoms with Gasteiger partial charge >= 0.3 is 6.01 Å². The van der Waals surface area contributed by atoms with Crippen molar-refractivity contribution in [2.24, 2.45) is 16.5 Å². The van der Waals surface area contributed by atoms with Gasteiger partial charge in [-0.25, -0.2) is 0 Å². The molecule has 1 heterocycles. The van der Waals surface area contributed by atoms with E-state index in [0.29, 0.717) is 0 Å². The van der Waals surface area contributed by atoms with Crippen LogP contribution in [0.3, 0.4) is 0 Å². The van der Waals surface area contributed by atoms with E-state index >= 15 is 0 Å². The minimum absolute atomic E-state index is 0.0584. The first-order valence-electron chi connectivity index (χ1n) is 3.16. The number of hydrogen-bond acceptors (Lipinski definition) is 5. The van der Waals surface area contributed by atoms with Gasteiger partial charge in [-0.15, -0.1) is 0 Å². The van der Waals surface area contributed by atoms with E-state index in [4.69, 9.17) is 11.5 Å². The zero-order chi connectivity index (χ0) is 9.84. The number of nitrogens with zero attached hydrogens (tertiary/aromatic N) is 3. The van der Waals surface area contributed by atoms with E-state index in [1.54, 1.807) is 0 Å². The molecule has 4 N–H and O–H groups in total. The average Bonchev–Trinajstić information content (AvgIpc) is 2.50. The first-order chi connectivity index (χ1) is 6.13. The summed E-state index contributed by atoms with van der Waals surface area (Å²) in [6.45, 7) is 0. The minimum Gasteiger partial charge on any atom is -0.370 e. The maximum absolute atomic E-state index is 11.0. The van der Waals surface area contributed by atoms with Crippen LogP contribution in [0.2, 0.25) is 0 Å². The normalized spacial score (nSPS) is 9.62. The van der Waals surface area contributed by atoms with E-state index in [1.807, 2.05) is 0 Å². The number of guanidine groups is 1. The molecular formula is C5H6BrN5O2. The van der Waals surface area contributed by atoms with Crippen LogP contribution >= 0.6 is 15.9 Å².